The first kappa shape index (κ1) is 16.5. The number of carbonyl (C=O) groups is 1. The van der Waals surface area contributed by atoms with Crippen molar-refractivity contribution < 1.29 is 9.53 Å². The summed E-state index contributed by atoms with van der Waals surface area (Å²) in [5.74, 6) is -0.0100. The number of likely N-dealkylation sites (tertiary alicyclic amines) is 1. The molecular weight excluding hydrogens is 326 g/mol. The lowest BCUT2D eigenvalue weighted by molar-refractivity contribution is -0.128. The molecule has 0 saturated carbocycles. The monoisotopic (exact) mass is 343 g/mol. The molecule has 1 aromatic heterocycles. The van der Waals surface area contributed by atoms with Crippen molar-refractivity contribution in [2.24, 2.45) is 0 Å². The number of nitrogens with zero attached hydrogens (tertiary/aromatic N) is 3. The van der Waals surface area contributed by atoms with Gasteiger partial charge in [-0.1, -0.05) is 41.9 Å². The molecule has 1 saturated heterocycles. The summed E-state index contributed by atoms with van der Waals surface area (Å²) in [7, 11) is 0. The van der Waals surface area contributed by atoms with Crippen LogP contribution in [-0.2, 0) is 4.79 Å². The van der Waals surface area contributed by atoms with E-state index in [0.717, 1.165) is 24.9 Å². The minimum atomic E-state index is -0.103. The zero-order valence-corrected chi connectivity index (χ0v) is 13.9. The summed E-state index contributed by atoms with van der Waals surface area (Å²) in [5.41, 5.74) is 1.00. The number of hydrogen-bond acceptors (Lipinski definition) is 4. The molecule has 0 spiro atoms. The van der Waals surface area contributed by atoms with Crippen LogP contribution in [0.2, 0.25) is 5.02 Å². The van der Waals surface area contributed by atoms with Crippen LogP contribution in [0, 0.1) is 0 Å². The van der Waals surface area contributed by atoms with Gasteiger partial charge in [-0.3, -0.25) is 4.79 Å². The third-order valence-corrected chi connectivity index (χ3v) is 3.97. The molecule has 1 amide bonds. The molecule has 0 bridgehead atoms. The molecule has 124 valence electrons. The lowest BCUT2D eigenvalue weighted by Crippen LogP contribution is -2.43. The summed E-state index contributed by atoms with van der Waals surface area (Å²) in [4.78, 5) is 22.2. The van der Waals surface area contributed by atoms with Gasteiger partial charge in [0.1, 0.15) is 6.10 Å². The van der Waals surface area contributed by atoms with Gasteiger partial charge in [-0.25, -0.2) is 9.97 Å². The van der Waals surface area contributed by atoms with Gasteiger partial charge in [0.2, 0.25) is 5.91 Å². The molecule has 1 aliphatic heterocycles. The van der Waals surface area contributed by atoms with Crippen LogP contribution in [0.3, 0.4) is 0 Å². The van der Waals surface area contributed by atoms with Gasteiger partial charge in [0.25, 0.3) is 0 Å². The number of carbonyl (C=O) groups excluding carboxylic acids is 1. The molecule has 0 aliphatic carbocycles. The fourth-order valence-corrected chi connectivity index (χ4v) is 2.68. The molecule has 1 atom stereocenters. The Kier molecular flexibility index (Phi) is 5.43. The summed E-state index contributed by atoms with van der Waals surface area (Å²) >= 11 is 5.76. The summed E-state index contributed by atoms with van der Waals surface area (Å²) in [6.45, 7) is 1.27. The Hall–Kier alpha value is -2.40. The van der Waals surface area contributed by atoms with Crippen LogP contribution in [-0.4, -0.2) is 40.0 Å². The first-order valence-electron chi connectivity index (χ1n) is 7.87. The summed E-state index contributed by atoms with van der Waals surface area (Å²) < 4.78 is 5.75. The average molecular weight is 344 g/mol. The highest BCUT2D eigenvalue weighted by Gasteiger charge is 2.24. The predicted octanol–water partition coefficient (Wildman–Crippen LogP) is 3.21. The van der Waals surface area contributed by atoms with Crippen LogP contribution in [0.25, 0.3) is 6.08 Å². The molecule has 2 heterocycles. The Labute approximate surface area is 145 Å². The molecule has 0 radical (unpaired) electrons. The lowest BCUT2D eigenvalue weighted by atomic mass is 10.1. The van der Waals surface area contributed by atoms with Crippen molar-refractivity contribution in [2.75, 3.05) is 13.1 Å². The van der Waals surface area contributed by atoms with E-state index in [0.29, 0.717) is 17.6 Å². The van der Waals surface area contributed by atoms with Gasteiger partial charge in [0.15, 0.2) is 0 Å². The molecule has 1 aliphatic rings. The zero-order chi connectivity index (χ0) is 16.8. The van der Waals surface area contributed by atoms with Gasteiger partial charge in [-0.2, -0.15) is 0 Å². The lowest BCUT2D eigenvalue weighted by Gasteiger charge is -2.31. The molecular formula is C18H18ClN3O2. The number of aromatic nitrogens is 2. The molecule has 5 nitrogen and oxygen atoms in total. The number of piperidine rings is 1. The smallest absolute Gasteiger partial charge is 0.316 e. The van der Waals surface area contributed by atoms with Gasteiger partial charge in [-0.05, 0) is 24.5 Å². The van der Waals surface area contributed by atoms with E-state index in [1.54, 1.807) is 11.0 Å². The maximum absolute atomic E-state index is 12.3. The number of halogens is 1. The van der Waals surface area contributed by atoms with E-state index in [1.807, 2.05) is 36.4 Å². The summed E-state index contributed by atoms with van der Waals surface area (Å²) in [6.07, 6.45) is 8.10. The van der Waals surface area contributed by atoms with Crippen molar-refractivity contribution in [3.63, 3.8) is 0 Å². The fraction of sp³-hybridized carbons (Fsp3) is 0.278. The molecule has 2 aromatic rings. The standard InChI is InChI=1S/C18H18ClN3O2/c19-15-11-20-18(21-12-15)24-16-7-4-10-22(13-16)17(23)9-8-14-5-2-1-3-6-14/h1-3,5-6,8-9,11-12,16H,4,7,10,13H2. The van der Waals surface area contributed by atoms with Crippen molar-refractivity contribution in [3.8, 4) is 6.01 Å². The Morgan fingerprint density at radius 1 is 1.25 bits per heavy atom. The van der Waals surface area contributed by atoms with E-state index < -0.39 is 0 Å². The number of hydrogen-bond donors (Lipinski definition) is 0. The van der Waals surface area contributed by atoms with Crippen LogP contribution < -0.4 is 4.74 Å². The third-order valence-electron chi connectivity index (χ3n) is 3.78. The second-order valence-corrected chi connectivity index (χ2v) is 6.03. The second-order valence-electron chi connectivity index (χ2n) is 5.59. The SMILES string of the molecule is O=C(C=Cc1ccccc1)N1CCCC(Oc2ncc(Cl)cn2)C1. The number of ether oxygens (including phenoxy) is 1. The molecule has 1 aromatic carbocycles. The molecule has 6 heteroatoms. The highest BCUT2D eigenvalue weighted by atomic mass is 35.5. The van der Waals surface area contributed by atoms with Gasteiger partial charge < -0.3 is 9.64 Å². The first-order chi connectivity index (χ1) is 11.7. The maximum Gasteiger partial charge on any atom is 0.316 e. The molecule has 0 N–H and O–H groups in total. The zero-order valence-electron chi connectivity index (χ0n) is 13.1. The Morgan fingerprint density at radius 3 is 2.75 bits per heavy atom. The van der Waals surface area contributed by atoms with Crippen LogP contribution in [0.5, 0.6) is 6.01 Å². The van der Waals surface area contributed by atoms with Crippen molar-refractivity contribution in [3.05, 3.63) is 59.4 Å². The van der Waals surface area contributed by atoms with Crippen molar-refractivity contribution in [2.45, 2.75) is 18.9 Å². The minimum Gasteiger partial charge on any atom is -0.458 e. The van der Waals surface area contributed by atoms with Gasteiger partial charge in [0, 0.05) is 12.6 Å². The normalized spacial score (nSPS) is 17.9. The van der Waals surface area contributed by atoms with Crippen molar-refractivity contribution in [1.29, 1.82) is 0 Å². The van der Waals surface area contributed by atoms with Crippen LogP contribution in [0.4, 0.5) is 0 Å². The maximum atomic E-state index is 12.3. The third kappa shape index (κ3) is 4.55. The minimum absolute atomic E-state index is 0.0100. The van der Waals surface area contributed by atoms with E-state index in [4.69, 9.17) is 16.3 Å². The predicted molar refractivity (Wildman–Crippen MR) is 92.7 cm³/mol. The van der Waals surface area contributed by atoms with E-state index in [2.05, 4.69) is 9.97 Å². The number of amides is 1. The van der Waals surface area contributed by atoms with Gasteiger partial charge in [-0.15, -0.1) is 0 Å². The van der Waals surface area contributed by atoms with Crippen molar-refractivity contribution in [1.82, 2.24) is 14.9 Å². The van der Waals surface area contributed by atoms with Crippen LogP contribution in [0.1, 0.15) is 18.4 Å². The number of benzene rings is 1. The van der Waals surface area contributed by atoms with E-state index in [1.165, 1.54) is 12.4 Å². The topological polar surface area (TPSA) is 55.3 Å². The van der Waals surface area contributed by atoms with E-state index >= 15 is 0 Å². The van der Waals surface area contributed by atoms with Gasteiger partial charge >= 0.3 is 6.01 Å². The molecule has 3 rings (SSSR count). The largest absolute Gasteiger partial charge is 0.458 e. The summed E-state index contributed by atoms with van der Waals surface area (Å²) in [6, 6.07) is 10.1. The highest BCUT2D eigenvalue weighted by Crippen LogP contribution is 2.16. The first-order valence-corrected chi connectivity index (χ1v) is 8.25. The number of rotatable bonds is 4. The van der Waals surface area contributed by atoms with Gasteiger partial charge in [0.05, 0.1) is 24.0 Å². The average Bonchev–Trinajstić information content (AvgIpc) is 2.63. The Bertz CT molecular complexity index is 704. The fourth-order valence-electron chi connectivity index (χ4n) is 2.58. The molecule has 1 unspecified atom stereocenters. The van der Waals surface area contributed by atoms with Crippen molar-refractivity contribution >= 4 is 23.6 Å². The Morgan fingerprint density at radius 2 is 2.00 bits per heavy atom. The second kappa shape index (κ2) is 7.93. The van der Waals surface area contributed by atoms with Crippen LogP contribution in [0.15, 0.2) is 48.8 Å². The summed E-state index contributed by atoms with van der Waals surface area (Å²) in [5, 5.41) is 0.467. The van der Waals surface area contributed by atoms with Crippen LogP contribution >= 0.6 is 11.6 Å². The van der Waals surface area contributed by atoms with E-state index in [-0.39, 0.29) is 12.0 Å². The Balaban J connectivity index is 1.57. The quantitative estimate of drug-likeness (QED) is 0.800. The molecule has 1 fully saturated rings. The van der Waals surface area contributed by atoms with E-state index in [9.17, 15) is 4.79 Å². The highest BCUT2D eigenvalue weighted by molar-refractivity contribution is 6.30. The molecule has 24 heavy (non-hydrogen) atoms.